The summed E-state index contributed by atoms with van der Waals surface area (Å²) in [6.07, 6.45) is 7.89. The molecule has 2 aromatic rings. The average molecular weight is 320 g/mol. The average Bonchev–Trinajstić information content (AvgIpc) is 2.97. The largest absolute Gasteiger partial charge is 0.293 e. The minimum absolute atomic E-state index is 0.0886. The SMILES string of the molecule is Cn1cc(-c2ncccc2C2(C)C=C(C#N)C(=O)C(C)(C)C2)cn1. The molecule has 0 saturated carbocycles. The first-order chi connectivity index (χ1) is 11.3. The Morgan fingerprint density at radius 3 is 2.71 bits per heavy atom. The van der Waals surface area contributed by atoms with E-state index in [-0.39, 0.29) is 11.4 Å². The van der Waals surface area contributed by atoms with Crippen LogP contribution in [0, 0.1) is 16.7 Å². The van der Waals surface area contributed by atoms with Gasteiger partial charge >= 0.3 is 0 Å². The van der Waals surface area contributed by atoms with Crippen molar-refractivity contribution in [2.45, 2.75) is 32.6 Å². The molecule has 1 atom stereocenters. The van der Waals surface area contributed by atoms with Crippen LogP contribution < -0.4 is 0 Å². The third-order valence-corrected chi connectivity index (χ3v) is 4.65. The maximum Gasteiger partial charge on any atom is 0.178 e. The van der Waals surface area contributed by atoms with Crippen LogP contribution in [0.4, 0.5) is 0 Å². The molecule has 0 fully saturated rings. The molecule has 1 unspecified atom stereocenters. The van der Waals surface area contributed by atoms with Crippen molar-refractivity contribution in [2.75, 3.05) is 0 Å². The second-order valence-electron chi connectivity index (χ2n) is 7.28. The Hall–Kier alpha value is -2.74. The highest BCUT2D eigenvalue weighted by Crippen LogP contribution is 2.46. The van der Waals surface area contributed by atoms with Crippen LogP contribution in [0.15, 0.2) is 42.4 Å². The van der Waals surface area contributed by atoms with E-state index < -0.39 is 10.8 Å². The molecule has 0 saturated heterocycles. The normalized spacial score (nSPS) is 22.8. The summed E-state index contributed by atoms with van der Waals surface area (Å²) in [5, 5.41) is 13.6. The van der Waals surface area contributed by atoms with Crippen LogP contribution in [0.5, 0.6) is 0 Å². The molecule has 5 heteroatoms. The molecule has 0 N–H and O–H groups in total. The van der Waals surface area contributed by atoms with E-state index in [1.54, 1.807) is 23.2 Å². The molecule has 0 spiro atoms. The number of carbonyl (C=O) groups is 1. The zero-order valence-corrected chi connectivity index (χ0v) is 14.4. The third kappa shape index (κ3) is 2.54. The van der Waals surface area contributed by atoms with E-state index in [0.717, 1.165) is 16.8 Å². The highest BCUT2D eigenvalue weighted by molar-refractivity contribution is 6.04. The zero-order chi connectivity index (χ0) is 17.5. The lowest BCUT2D eigenvalue weighted by Crippen LogP contribution is -2.39. The van der Waals surface area contributed by atoms with Gasteiger partial charge in [-0.1, -0.05) is 32.9 Å². The molecule has 5 nitrogen and oxygen atoms in total. The van der Waals surface area contributed by atoms with Gasteiger partial charge in [-0.2, -0.15) is 10.4 Å². The molecular formula is C19H20N4O. The first-order valence-electron chi connectivity index (χ1n) is 7.89. The molecule has 3 rings (SSSR count). The minimum atomic E-state index is -0.587. The Balaban J connectivity index is 2.21. The van der Waals surface area contributed by atoms with Gasteiger partial charge in [0, 0.05) is 35.8 Å². The fourth-order valence-corrected chi connectivity index (χ4v) is 3.69. The van der Waals surface area contributed by atoms with Crippen LogP contribution in [-0.2, 0) is 17.3 Å². The Kier molecular flexibility index (Phi) is 3.64. The fraction of sp³-hybridized carbons (Fsp3) is 0.368. The van der Waals surface area contributed by atoms with Gasteiger partial charge in [-0.15, -0.1) is 0 Å². The van der Waals surface area contributed by atoms with Crippen LogP contribution in [0.3, 0.4) is 0 Å². The number of hydrogen-bond donors (Lipinski definition) is 0. The summed E-state index contributed by atoms with van der Waals surface area (Å²) in [5.74, 6) is -0.0886. The predicted molar refractivity (Wildman–Crippen MR) is 90.9 cm³/mol. The number of rotatable bonds is 2. The van der Waals surface area contributed by atoms with Gasteiger partial charge in [-0.05, 0) is 18.1 Å². The van der Waals surface area contributed by atoms with Gasteiger partial charge in [0.1, 0.15) is 6.07 Å². The van der Waals surface area contributed by atoms with Gasteiger partial charge in [-0.3, -0.25) is 14.5 Å². The maximum absolute atomic E-state index is 12.4. The monoisotopic (exact) mass is 320 g/mol. The molecule has 24 heavy (non-hydrogen) atoms. The number of aryl methyl sites for hydroxylation is 1. The Labute approximate surface area is 141 Å². The standard InChI is InChI=1S/C19H20N4O/c1-18(2)12-19(3,8-13(9-20)17(18)24)15-6-5-7-21-16(15)14-10-22-23(4)11-14/h5-8,10-11H,12H2,1-4H3. The number of Topliss-reactive ketones (excluding diaryl/α,β-unsaturated/α-hetero) is 1. The number of aromatic nitrogens is 3. The van der Waals surface area contributed by atoms with Crippen molar-refractivity contribution in [3.63, 3.8) is 0 Å². The number of hydrogen-bond acceptors (Lipinski definition) is 4. The Bertz CT molecular complexity index is 885. The molecular weight excluding hydrogens is 300 g/mol. The van der Waals surface area contributed by atoms with Crippen LogP contribution in [0.2, 0.25) is 0 Å². The summed E-state index contributed by atoms with van der Waals surface area (Å²) in [4.78, 5) is 17.0. The lowest BCUT2D eigenvalue weighted by molar-refractivity contribution is -0.124. The molecule has 1 aliphatic rings. The Morgan fingerprint density at radius 2 is 2.08 bits per heavy atom. The predicted octanol–water partition coefficient (Wildman–Crippen LogP) is 3.19. The number of ketones is 1. The fourth-order valence-electron chi connectivity index (χ4n) is 3.69. The van der Waals surface area contributed by atoms with Gasteiger partial charge < -0.3 is 0 Å². The quantitative estimate of drug-likeness (QED) is 0.852. The van der Waals surface area contributed by atoms with E-state index in [0.29, 0.717) is 6.42 Å². The third-order valence-electron chi connectivity index (χ3n) is 4.65. The molecule has 0 radical (unpaired) electrons. The molecule has 0 amide bonds. The summed E-state index contributed by atoms with van der Waals surface area (Å²) in [7, 11) is 1.86. The molecule has 2 heterocycles. The van der Waals surface area contributed by atoms with Crippen molar-refractivity contribution in [3.05, 3.63) is 47.9 Å². The van der Waals surface area contributed by atoms with Gasteiger partial charge in [0.05, 0.1) is 17.5 Å². The minimum Gasteiger partial charge on any atom is -0.293 e. The first kappa shape index (κ1) is 16.1. The highest BCUT2D eigenvalue weighted by Gasteiger charge is 2.44. The van der Waals surface area contributed by atoms with Crippen molar-refractivity contribution in [1.82, 2.24) is 14.8 Å². The van der Waals surface area contributed by atoms with Crippen molar-refractivity contribution in [3.8, 4) is 17.3 Å². The van der Waals surface area contributed by atoms with Gasteiger partial charge in [0.2, 0.25) is 0 Å². The summed E-state index contributed by atoms with van der Waals surface area (Å²) in [6.45, 7) is 5.87. The summed E-state index contributed by atoms with van der Waals surface area (Å²) < 4.78 is 1.74. The van der Waals surface area contributed by atoms with E-state index in [2.05, 4.69) is 23.1 Å². The molecule has 0 aromatic carbocycles. The number of carbonyl (C=O) groups excluding carboxylic acids is 1. The van der Waals surface area contributed by atoms with E-state index in [1.807, 2.05) is 39.2 Å². The van der Waals surface area contributed by atoms with Crippen molar-refractivity contribution in [1.29, 1.82) is 5.26 Å². The van der Waals surface area contributed by atoms with Crippen LogP contribution in [-0.4, -0.2) is 20.5 Å². The van der Waals surface area contributed by atoms with Crippen LogP contribution in [0.1, 0.15) is 32.8 Å². The molecule has 2 aromatic heterocycles. The molecule has 122 valence electrons. The second kappa shape index (κ2) is 5.41. The van der Waals surface area contributed by atoms with Gasteiger partial charge in [0.15, 0.2) is 5.78 Å². The van der Waals surface area contributed by atoms with E-state index in [1.165, 1.54) is 0 Å². The van der Waals surface area contributed by atoms with Crippen molar-refractivity contribution >= 4 is 5.78 Å². The zero-order valence-electron chi connectivity index (χ0n) is 14.4. The van der Waals surface area contributed by atoms with E-state index >= 15 is 0 Å². The van der Waals surface area contributed by atoms with Crippen LogP contribution >= 0.6 is 0 Å². The molecule has 0 aliphatic heterocycles. The summed E-state index contributed by atoms with van der Waals surface area (Å²) in [5.41, 5.74) is 1.97. The van der Waals surface area contributed by atoms with Gasteiger partial charge in [0.25, 0.3) is 0 Å². The smallest absolute Gasteiger partial charge is 0.178 e. The number of allylic oxidation sites excluding steroid dienone is 2. The Morgan fingerprint density at radius 1 is 1.33 bits per heavy atom. The summed E-state index contributed by atoms with van der Waals surface area (Å²) >= 11 is 0. The second-order valence-corrected chi connectivity index (χ2v) is 7.28. The van der Waals surface area contributed by atoms with Crippen molar-refractivity contribution in [2.24, 2.45) is 12.5 Å². The van der Waals surface area contributed by atoms with Crippen LogP contribution in [0.25, 0.3) is 11.3 Å². The number of nitriles is 1. The molecule has 1 aliphatic carbocycles. The lowest BCUT2D eigenvalue weighted by atomic mass is 9.62. The first-order valence-corrected chi connectivity index (χ1v) is 7.89. The maximum atomic E-state index is 12.4. The van der Waals surface area contributed by atoms with E-state index in [4.69, 9.17) is 0 Å². The van der Waals surface area contributed by atoms with Gasteiger partial charge in [-0.25, -0.2) is 0 Å². The summed E-state index contributed by atoms with van der Waals surface area (Å²) in [6, 6.07) is 5.99. The molecule has 0 bridgehead atoms. The highest BCUT2D eigenvalue weighted by atomic mass is 16.1. The number of pyridine rings is 1. The van der Waals surface area contributed by atoms with E-state index in [9.17, 15) is 10.1 Å². The number of nitrogens with zero attached hydrogens (tertiary/aromatic N) is 4. The topological polar surface area (TPSA) is 71.6 Å². The lowest BCUT2D eigenvalue weighted by Gasteiger charge is -2.39. The van der Waals surface area contributed by atoms with Crippen molar-refractivity contribution < 1.29 is 4.79 Å².